The Balaban J connectivity index is 1.44. The van der Waals surface area contributed by atoms with Gasteiger partial charge in [0.15, 0.2) is 0 Å². The maximum atomic E-state index is 13.3. The van der Waals surface area contributed by atoms with Gasteiger partial charge in [0.2, 0.25) is 10.0 Å². The third-order valence-corrected chi connectivity index (χ3v) is 7.71. The van der Waals surface area contributed by atoms with Crippen molar-refractivity contribution in [3.63, 3.8) is 0 Å². The van der Waals surface area contributed by atoms with E-state index in [0.717, 1.165) is 33.3 Å². The molecular formula is C31H28N2O3S. The first kappa shape index (κ1) is 24.7. The molecule has 0 aliphatic carbocycles. The molecule has 5 aromatic rings. The summed E-state index contributed by atoms with van der Waals surface area (Å²) in [5.74, 6) is 0.694. The number of pyridine rings is 1. The second kappa shape index (κ2) is 10.9. The Morgan fingerprint density at radius 2 is 1.49 bits per heavy atom. The van der Waals surface area contributed by atoms with Gasteiger partial charge >= 0.3 is 0 Å². The highest BCUT2D eigenvalue weighted by Crippen LogP contribution is 2.27. The van der Waals surface area contributed by atoms with E-state index in [-0.39, 0.29) is 4.90 Å². The average molecular weight is 509 g/mol. The number of fused-ring (bicyclic) bond motifs is 1. The molecule has 1 aromatic heterocycles. The predicted octanol–water partition coefficient (Wildman–Crippen LogP) is 6.38. The topological polar surface area (TPSA) is 68.3 Å². The van der Waals surface area contributed by atoms with Gasteiger partial charge < -0.3 is 4.74 Å². The minimum atomic E-state index is -3.74. The molecule has 1 unspecified atom stereocenters. The van der Waals surface area contributed by atoms with Crippen LogP contribution in [0.15, 0.2) is 120 Å². The molecule has 0 saturated carbocycles. The van der Waals surface area contributed by atoms with Crippen LogP contribution < -0.4 is 9.46 Å². The Kier molecular flexibility index (Phi) is 7.30. The zero-order valence-corrected chi connectivity index (χ0v) is 21.4. The molecular weight excluding hydrogens is 480 g/mol. The third kappa shape index (κ3) is 6.05. The van der Waals surface area contributed by atoms with Crippen molar-refractivity contribution in [2.24, 2.45) is 0 Å². The van der Waals surface area contributed by atoms with Crippen molar-refractivity contribution >= 4 is 20.9 Å². The van der Waals surface area contributed by atoms with Crippen LogP contribution in [0.2, 0.25) is 0 Å². The van der Waals surface area contributed by atoms with Crippen LogP contribution in [0.25, 0.3) is 10.9 Å². The lowest BCUT2D eigenvalue weighted by molar-refractivity contribution is 0.309. The van der Waals surface area contributed by atoms with Crippen molar-refractivity contribution < 1.29 is 13.2 Å². The van der Waals surface area contributed by atoms with E-state index in [2.05, 4.69) is 4.72 Å². The molecule has 37 heavy (non-hydrogen) atoms. The van der Waals surface area contributed by atoms with Gasteiger partial charge in [-0.2, -0.15) is 0 Å². The molecule has 0 bridgehead atoms. The van der Waals surface area contributed by atoms with Crippen molar-refractivity contribution in [1.82, 2.24) is 9.71 Å². The number of hydrogen-bond acceptors (Lipinski definition) is 4. The summed E-state index contributed by atoms with van der Waals surface area (Å²) in [5, 5.41) is 0.964. The highest BCUT2D eigenvalue weighted by atomic mass is 32.2. The van der Waals surface area contributed by atoms with Gasteiger partial charge in [0, 0.05) is 17.5 Å². The molecule has 0 amide bonds. The van der Waals surface area contributed by atoms with E-state index in [0.29, 0.717) is 18.8 Å². The third-order valence-electron chi connectivity index (χ3n) is 6.22. The van der Waals surface area contributed by atoms with Crippen LogP contribution >= 0.6 is 0 Å². The number of aromatic nitrogens is 1. The monoisotopic (exact) mass is 508 g/mol. The molecule has 6 heteroatoms. The summed E-state index contributed by atoms with van der Waals surface area (Å²) in [5.41, 5.74) is 4.47. The normalized spacial score (nSPS) is 12.4. The molecule has 0 radical (unpaired) electrons. The van der Waals surface area contributed by atoms with E-state index in [9.17, 15) is 8.42 Å². The van der Waals surface area contributed by atoms with Crippen molar-refractivity contribution in [2.75, 3.05) is 0 Å². The molecule has 5 rings (SSSR count). The lowest BCUT2D eigenvalue weighted by Gasteiger charge is -2.20. The van der Waals surface area contributed by atoms with Crippen LogP contribution in [0.1, 0.15) is 28.4 Å². The predicted molar refractivity (Wildman–Crippen MR) is 147 cm³/mol. The van der Waals surface area contributed by atoms with E-state index < -0.39 is 16.1 Å². The second-order valence-electron chi connectivity index (χ2n) is 9.01. The number of benzene rings is 4. The summed E-state index contributed by atoms with van der Waals surface area (Å²) < 4.78 is 35.5. The van der Waals surface area contributed by atoms with Crippen molar-refractivity contribution in [3.05, 3.63) is 138 Å². The lowest BCUT2D eigenvalue weighted by Crippen LogP contribution is -2.30. The Bertz CT molecular complexity index is 1590. The van der Waals surface area contributed by atoms with Crippen LogP contribution in [0.5, 0.6) is 5.75 Å². The van der Waals surface area contributed by atoms with Crippen LogP contribution in [0.3, 0.4) is 0 Å². The van der Waals surface area contributed by atoms with Gasteiger partial charge in [-0.25, -0.2) is 18.1 Å². The first-order valence-corrected chi connectivity index (χ1v) is 13.7. The highest BCUT2D eigenvalue weighted by molar-refractivity contribution is 7.89. The zero-order chi connectivity index (χ0) is 25.7. The Morgan fingerprint density at radius 1 is 0.784 bits per heavy atom. The number of nitrogens with one attached hydrogen (secondary N) is 1. The van der Waals surface area contributed by atoms with E-state index >= 15 is 0 Å². The molecule has 0 aliphatic rings. The van der Waals surface area contributed by atoms with Crippen molar-refractivity contribution in [2.45, 2.75) is 30.9 Å². The molecule has 1 heterocycles. The lowest BCUT2D eigenvalue weighted by atomic mass is 10.0. The quantitative estimate of drug-likeness (QED) is 0.251. The van der Waals surface area contributed by atoms with E-state index in [1.165, 1.54) is 0 Å². The Hall–Kier alpha value is -4.00. The molecule has 0 fully saturated rings. The van der Waals surface area contributed by atoms with Gasteiger partial charge in [0.05, 0.1) is 10.9 Å². The summed E-state index contributed by atoms with van der Waals surface area (Å²) in [6, 6.07) is 35.8. The summed E-state index contributed by atoms with van der Waals surface area (Å²) >= 11 is 0. The number of rotatable bonds is 9. The number of ether oxygens (including phenoxy) is 1. The summed E-state index contributed by atoms with van der Waals surface area (Å²) in [7, 11) is -3.74. The van der Waals surface area contributed by atoms with Gasteiger partial charge in [0.1, 0.15) is 17.9 Å². The Morgan fingerprint density at radius 3 is 2.22 bits per heavy atom. The van der Waals surface area contributed by atoms with Crippen molar-refractivity contribution in [1.29, 1.82) is 0 Å². The fourth-order valence-corrected chi connectivity index (χ4v) is 5.45. The fraction of sp³-hybridized carbons (Fsp3) is 0.129. The molecule has 0 saturated heterocycles. The molecule has 0 aliphatic heterocycles. The number of aryl methyl sites for hydroxylation is 1. The Labute approximate surface area is 217 Å². The van der Waals surface area contributed by atoms with Crippen LogP contribution in [0.4, 0.5) is 0 Å². The summed E-state index contributed by atoms with van der Waals surface area (Å²) in [4.78, 5) is 5.15. The summed E-state index contributed by atoms with van der Waals surface area (Å²) in [6.45, 7) is 2.37. The number of sulfonamides is 1. The van der Waals surface area contributed by atoms with Gasteiger partial charge in [-0.3, -0.25) is 0 Å². The minimum absolute atomic E-state index is 0.238. The highest BCUT2D eigenvalue weighted by Gasteiger charge is 2.22. The molecule has 5 nitrogen and oxygen atoms in total. The molecule has 186 valence electrons. The zero-order valence-electron chi connectivity index (χ0n) is 20.5. The minimum Gasteiger partial charge on any atom is -0.487 e. The number of hydrogen-bond donors (Lipinski definition) is 1. The summed E-state index contributed by atoms with van der Waals surface area (Å²) in [6.07, 6.45) is 0.387. The van der Waals surface area contributed by atoms with Crippen LogP contribution in [-0.2, 0) is 23.1 Å². The van der Waals surface area contributed by atoms with Gasteiger partial charge in [0.25, 0.3) is 0 Å². The van der Waals surface area contributed by atoms with Gasteiger partial charge in [-0.05, 0) is 42.3 Å². The van der Waals surface area contributed by atoms with Crippen molar-refractivity contribution in [3.8, 4) is 5.75 Å². The van der Waals surface area contributed by atoms with Crippen LogP contribution in [-0.4, -0.2) is 13.4 Å². The van der Waals surface area contributed by atoms with Gasteiger partial charge in [-0.1, -0.05) is 96.6 Å². The smallest absolute Gasteiger partial charge is 0.241 e. The molecule has 4 aromatic carbocycles. The first-order chi connectivity index (χ1) is 18.0. The molecule has 0 spiro atoms. The number of nitrogens with zero attached hydrogens (tertiary/aromatic N) is 1. The largest absolute Gasteiger partial charge is 0.487 e. The average Bonchev–Trinajstić information content (AvgIpc) is 2.93. The van der Waals surface area contributed by atoms with Crippen LogP contribution in [0, 0.1) is 6.92 Å². The molecule has 1 N–H and O–H groups in total. The van der Waals surface area contributed by atoms with E-state index in [1.807, 2.05) is 97.9 Å². The van der Waals surface area contributed by atoms with E-state index in [4.69, 9.17) is 9.72 Å². The van der Waals surface area contributed by atoms with Gasteiger partial charge in [-0.15, -0.1) is 0 Å². The standard InChI is InChI=1S/C31H28N2O3S/c1-23-15-19-28(20-16-23)37(34,35)33-29(25-11-6-3-7-12-25)21-27-18-17-26-13-8-14-30(31(26)32-27)36-22-24-9-4-2-5-10-24/h2-20,29,33H,21-22H2,1H3. The SMILES string of the molecule is Cc1ccc(S(=O)(=O)NC(Cc2ccc3cccc(OCc4ccccc4)c3n2)c2ccccc2)cc1. The fourth-order valence-electron chi connectivity index (χ4n) is 4.22. The van der Waals surface area contributed by atoms with E-state index in [1.54, 1.807) is 24.3 Å². The maximum absolute atomic E-state index is 13.3. The first-order valence-electron chi connectivity index (χ1n) is 12.2. The second-order valence-corrected chi connectivity index (χ2v) is 10.7. The molecule has 1 atom stereocenters. The number of para-hydroxylation sites is 1. The maximum Gasteiger partial charge on any atom is 0.241 e.